The summed E-state index contributed by atoms with van der Waals surface area (Å²) >= 11 is 1.45. The van der Waals surface area contributed by atoms with Crippen molar-refractivity contribution >= 4 is 22.9 Å². The summed E-state index contributed by atoms with van der Waals surface area (Å²) in [4.78, 5) is 20.6. The molecule has 1 N–H and O–H groups in total. The summed E-state index contributed by atoms with van der Waals surface area (Å²) < 4.78 is 10.6. The topological polar surface area (TPSA) is 81.2 Å². The van der Waals surface area contributed by atoms with E-state index in [2.05, 4.69) is 15.3 Å². The molecule has 3 aromatic heterocycles. The molecule has 7 heteroatoms. The van der Waals surface area contributed by atoms with E-state index in [9.17, 15) is 4.79 Å². The Morgan fingerprint density at radius 2 is 2.12 bits per heavy atom. The highest BCUT2D eigenvalue weighted by molar-refractivity contribution is 7.13. The van der Waals surface area contributed by atoms with Crippen molar-refractivity contribution in [3.63, 3.8) is 0 Å². The molecule has 3 heterocycles. The SMILES string of the molecule is O=C(Cc1csc(-c2ccco2)n1)Nc1cccc(-c2cnco2)c1. The van der Waals surface area contributed by atoms with Crippen molar-refractivity contribution in [2.24, 2.45) is 0 Å². The second-order valence-electron chi connectivity index (χ2n) is 5.29. The van der Waals surface area contributed by atoms with Crippen LogP contribution in [0.4, 0.5) is 5.69 Å². The van der Waals surface area contributed by atoms with Gasteiger partial charge in [0, 0.05) is 16.6 Å². The van der Waals surface area contributed by atoms with Crippen molar-refractivity contribution in [1.29, 1.82) is 0 Å². The molecule has 0 aliphatic heterocycles. The lowest BCUT2D eigenvalue weighted by atomic mass is 10.1. The van der Waals surface area contributed by atoms with E-state index in [0.29, 0.717) is 22.9 Å². The van der Waals surface area contributed by atoms with E-state index < -0.39 is 0 Å². The molecule has 4 rings (SSSR count). The molecule has 0 fully saturated rings. The molecule has 1 amide bonds. The van der Waals surface area contributed by atoms with Crippen LogP contribution in [0.3, 0.4) is 0 Å². The van der Waals surface area contributed by atoms with Gasteiger partial charge in [-0.2, -0.15) is 0 Å². The van der Waals surface area contributed by atoms with Crippen LogP contribution in [0, 0.1) is 0 Å². The van der Waals surface area contributed by atoms with Gasteiger partial charge < -0.3 is 14.2 Å². The molecular weight excluding hydrogens is 338 g/mol. The number of amides is 1. The van der Waals surface area contributed by atoms with E-state index in [1.54, 1.807) is 12.5 Å². The Morgan fingerprint density at radius 3 is 2.92 bits per heavy atom. The Balaban J connectivity index is 1.43. The highest BCUT2D eigenvalue weighted by Crippen LogP contribution is 2.25. The van der Waals surface area contributed by atoms with Gasteiger partial charge in [-0.05, 0) is 24.3 Å². The Kier molecular flexibility index (Phi) is 4.14. The third kappa shape index (κ3) is 3.51. The molecule has 0 radical (unpaired) electrons. The Bertz CT molecular complexity index is 975. The average Bonchev–Trinajstić information content (AvgIpc) is 3.37. The van der Waals surface area contributed by atoms with Gasteiger partial charge in [0.15, 0.2) is 22.9 Å². The highest BCUT2D eigenvalue weighted by Gasteiger charge is 2.11. The minimum Gasteiger partial charge on any atom is -0.462 e. The summed E-state index contributed by atoms with van der Waals surface area (Å²) in [5.74, 6) is 1.22. The van der Waals surface area contributed by atoms with Crippen molar-refractivity contribution in [3.8, 4) is 22.1 Å². The summed E-state index contributed by atoms with van der Waals surface area (Å²) in [6.45, 7) is 0. The van der Waals surface area contributed by atoms with E-state index in [0.717, 1.165) is 10.6 Å². The number of aromatic nitrogens is 2. The van der Waals surface area contributed by atoms with E-state index in [4.69, 9.17) is 8.83 Å². The monoisotopic (exact) mass is 351 g/mol. The van der Waals surface area contributed by atoms with E-state index in [1.807, 2.05) is 41.8 Å². The van der Waals surface area contributed by atoms with Gasteiger partial charge in [-0.1, -0.05) is 12.1 Å². The van der Waals surface area contributed by atoms with Crippen molar-refractivity contribution in [2.45, 2.75) is 6.42 Å². The van der Waals surface area contributed by atoms with Gasteiger partial charge in [-0.15, -0.1) is 11.3 Å². The molecule has 0 spiro atoms. The summed E-state index contributed by atoms with van der Waals surface area (Å²) in [5, 5.41) is 5.50. The van der Waals surface area contributed by atoms with Gasteiger partial charge >= 0.3 is 0 Å². The van der Waals surface area contributed by atoms with Crippen molar-refractivity contribution in [1.82, 2.24) is 9.97 Å². The van der Waals surface area contributed by atoms with Gasteiger partial charge in [-0.3, -0.25) is 4.79 Å². The van der Waals surface area contributed by atoms with E-state index >= 15 is 0 Å². The standard InChI is InChI=1S/C18H13N3O3S/c22-17(8-14-10-25-18(21-14)15-5-2-6-23-15)20-13-4-1-3-12(7-13)16-9-19-11-24-16/h1-7,9-11H,8H2,(H,20,22). The number of nitrogens with one attached hydrogen (secondary N) is 1. The third-order valence-electron chi connectivity index (χ3n) is 3.49. The number of carbonyl (C=O) groups is 1. The van der Waals surface area contributed by atoms with Gasteiger partial charge in [0.2, 0.25) is 5.91 Å². The zero-order valence-electron chi connectivity index (χ0n) is 13.0. The molecule has 0 unspecified atom stereocenters. The summed E-state index contributed by atoms with van der Waals surface area (Å²) in [7, 11) is 0. The van der Waals surface area contributed by atoms with Crippen LogP contribution >= 0.6 is 11.3 Å². The molecule has 25 heavy (non-hydrogen) atoms. The van der Waals surface area contributed by atoms with Crippen LogP contribution in [-0.2, 0) is 11.2 Å². The number of hydrogen-bond donors (Lipinski definition) is 1. The van der Waals surface area contributed by atoms with Crippen LogP contribution in [0.1, 0.15) is 5.69 Å². The first-order chi connectivity index (χ1) is 12.3. The van der Waals surface area contributed by atoms with Crippen LogP contribution in [0.25, 0.3) is 22.1 Å². The largest absolute Gasteiger partial charge is 0.462 e. The number of rotatable bonds is 5. The normalized spacial score (nSPS) is 10.7. The van der Waals surface area contributed by atoms with Gasteiger partial charge in [0.25, 0.3) is 0 Å². The van der Waals surface area contributed by atoms with Crippen molar-refractivity contribution in [3.05, 3.63) is 66.3 Å². The fourth-order valence-electron chi connectivity index (χ4n) is 2.38. The first-order valence-corrected chi connectivity index (χ1v) is 8.43. The minimum absolute atomic E-state index is 0.133. The number of nitrogens with zero attached hydrogens (tertiary/aromatic N) is 2. The van der Waals surface area contributed by atoms with Crippen LogP contribution < -0.4 is 5.32 Å². The molecule has 1 aromatic carbocycles. The van der Waals surface area contributed by atoms with Gasteiger partial charge in [-0.25, -0.2) is 9.97 Å². The Labute approximate surface area is 147 Å². The molecule has 124 valence electrons. The summed E-state index contributed by atoms with van der Waals surface area (Å²) in [6.07, 6.45) is 4.81. The number of furan rings is 1. The highest BCUT2D eigenvalue weighted by atomic mass is 32.1. The average molecular weight is 351 g/mol. The second kappa shape index (κ2) is 6.74. The maximum Gasteiger partial charge on any atom is 0.230 e. The number of thiazole rings is 1. The zero-order chi connectivity index (χ0) is 17.1. The van der Waals surface area contributed by atoms with E-state index in [-0.39, 0.29) is 12.3 Å². The number of carbonyl (C=O) groups excluding carboxylic acids is 1. The molecule has 0 aliphatic rings. The number of oxazole rings is 1. The Hall–Kier alpha value is -3.19. The number of hydrogen-bond acceptors (Lipinski definition) is 6. The number of anilines is 1. The van der Waals surface area contributed by atoms with E-state index in [1.165, 1.54) is 17.7 Å². The molecule has 0 saturated heterocycles. The molecule has 0 bridgehead atoms. The van der Waals surface area contributed by atoms with Crippen LogP contribution in [0.5, 0.6) is 0 Å². The van der Waals surface area contributed by atoms with Crippen molar-refractivity contribution in [2.75, 3.05) is 5.32 Å². The third-order valence-corrected chi connectivity index (χ3v) is 4.39. The molecule has 0 aliphatic carbocycles. The Morgan fingerprint density at radius 1 is 1.16 bits per heavy atom. The molecular formula is C18H13N3O3S. The summed E-state index contributed by atoms with van der Waals surface area (Å²) in [6, 6.07) is 11.1. The zero-order valence-corrected chi connectivity index (χ0v) is 13.8. The predicted octanol–water partition coefficient (Wildman–Crippen LogP) is 4.24. The maximum absolute atomic E-state index is 12.3. The quantitative estimate of drug-likeness (QED) is 0.582. The molecule has 0 saturated carbocycles. The van der Waals surface area contributed by atoms with Crippen LogP contribution in [0.2, 0.25) is 0 Å². The van der Waals surface area contributed by atoms with Gasteiger partial charge in [0.1, 0.15) is 0 Å². The van der Waals surface area contributed by atoms with Crippen molar-refractivity contribution < 1.29 is 13.6 Å². The van der Waals surface area contributed by atoms with Crippen LogP contribution in [0.15, 0.2) is 69.5 Å². The minimum atomic E-state index is -0.133. The predicted molar refractivity (Wildman–Crippen MR) is 94.1 cm³/mol. The fraction of sp³-hybridized carbons (Fsp3) is 0.0556. The second-order valence-corrected chi connectivity index (χ2v) is 6.15. The number of benzene rings is 1. The molecule has 4 aromatic rings. The fourth-order valence-corrected chi connectivity index (χ4v) is 3.17. The lowest BCUT2D eigenvalue weighted by Crippen LogP contribution is -2.14. The molecule has 6 nitrogen and oxygen atoms in total. The van der Waals surface area contributed by atoms with Gasteiger partial charge in [0.05, 0.1) is 24.6 Å². The lowest BCUT2D eigenvalue weighted by Gasteiger charge is -2.05. The molecule has 0 atom stereocenters. The first kappa shape index (κ1) is 15.3. The lowest BCUT2D eigenvalue weighted by molar-refractivity contribution is -0.115. The first-order valence-electron chi connectivity index (χ1n) is 7.55. The smallest absolute Gasteiger partial charge is 0.230 e. The maximum atomic E-state index is 12.3. The van der Waals surface area contributed by atoms with Crippen LogP contribution in [-0.4, -0.2) is 15.9 Å². The summed E-state index contributed by atoms with van der Waals surface area (Å²) in [5.41, 5.74) is 2.25.